The number of Topliss-reactive ketones (excluding diaryl/α,β-unsaturated/α-hetero) is 2. The van der Waals surface area contributed by atoms with Crippen molar-refractivity contribution in [1.82, 2.24) is 4.98 Å². The number of nitrogens with zero attached hydrogens (tertiary/aromatic N) is 1. The van der Waals surface area contributed by atoms with Crippen LogP contribution in [0.4, 0.5) is 0 Å². The fourth-order valence-corrected chi connectivity index (χ4v) is 4.81. The Hall–Kier alpha value is -1.59. The molecule has 4 atom stereocenters. The molecule has 186 valence electrons. The van der Waals surface area contributed by atoms with Crippen LogP contribution in [-0.2, 0) is 9.59 Å². The highest BCUT2D eigenvalue weighted by Gasteiger charge is 2.39. The van der Waals surface area contributed by atoms with Crippen LogP contribution >= 0.6 is 11.3 Å². The molecule has 1 aliphatic carbocycles. The van der Waals surface area contributed by atoms with Gasteiger partial charge < -0.3 is 5.11 Å². The Morgan fingerprint density at radius 2 is 1.88 bits per heavy atom. The van der Waals surface area contributed by atoms with Crippen LogP contribution in [0.3, 0.4) is 0 Å². The standard InChI is InChI=1S/C21H36O3.C7H9NS/c1-15-9-7-6-8-10-16(2)13-17(3)20(24)21(4,5)19(23)14-18(22)12-11-15;1-3-4-7-5-9-6(2)8-7/h7,9,15-17,19,23H,6,8,10-14H2,1-5H3;3-5H,1-2H3/b9-7-;4-3-/t15-,16?,17?,19?;/m0./s1. The summed E-state index contributed by atoms with van der Waals surface area (Å²) in [5, 5.41) is 13.7. The average molecular weight is 476 g/mol. The summed E-state index contributed by atoms with van der Waals surface area (Å²) in [7, 11) is 0. The number of carbonyl (C=O) groups excluding carboxylic acids is 2. The number of allylic oxidation sites excluding steroid dienone is 3. The van der Waals surface area contributed by atoms with Crippen molar-refractivity contribution < 1.29 is 14.7 Å². The van der Waals surface area contributed by atoms with Crippen LogP contribution in [0.2, 0.25) is 0 Å². The van der Waals surface area contributed by atoms with E-state index in [1.165, 1.54) is 0 Å². The van der Waals surface area contributed by atoms with E-state index in [0.717, 1.165) is 42.8 Å². The predicted octanol–water partition coefficient (Wildman–Crippen LogP) is 7.21. The van der Waals surface area contributed by atoms with Crippen LogP contribution < -0.4 is 0 Å². The number of hydrogen-bond acceptors (Lipinski definition) is 5. The number of aryl methyl sites for hydroxylation is 1. The molecule has 0 aromatic carbocycles. The Bertz CT molecular complexity index is 793. The summed E-state index contributed by atoms with van der Waals surface area (Å²) in [5.41, 5.74) is 0.206. The van der Waals surface area contributed by atoms with Crippen molar-refractivity contribution in [2.45, 2.75) is 99.5 Å². The summed E-state index contributed by atoms with van der Waals surface area (Å²) in [5.74, 6) is 0.929. The van der Waals surface area contributed by atoms with E-state index in [9.17, 15) is 14.7 Å². The fourth-order valence-electron chi connectivity index (χ4n) is 4.23. The third-order valence-electron chi connectivity index (χ3n) is 6.48. The van der Waals surface area contributed by atoms with E-state index < -0.39 is 11.5 Å². The van der Waals surface area contributed by atoms with Gasteiger partial charge in [0.15, 0.2) is 0 Å². The summed E-state index contributed by atoms with van der Waals surface area (Å²) < 4.78 is 0. The van der Waals surface area contributed by atoms with Gasteiger partial charge in [0.2, 0.25) is 0 Å². The molecule has 0 saturated heterocycles. The van der Waals surface area contributed by atoms with Gasteiger partial charge >= 0.3 is 0 Å². The Balaban J connectivity index is 0.000000502. The number of aromatic nitrogens is 1. The van der Waals surface area contributed by atoms with E-state index in [1.54, 1.807) is 25.2 Å². The first kappa shape index (κ1) is 29.4. The van der Waals surface area contributed by atoms with Crippen LogP contribution in [0.25, 0.3) is 6.08 Å². The maximum absolute atomic E-state index is 12.8. The molecule has 0 amide bonds. The second-order valence-corrected chi connectivity index (χ2v) is 11.3. The first-order valence-corrected chi connectivity index (χ1v) is 13.3. The van der Waals surface area contributed by atoms with Gasteiger partial charge in [-0.05, 0) is 57.4 Å². The van der Waals surface area contributed by atoms with E-state index in [0.29, 0.717) is 18.3 Å². The first-order chi connectivity index (χ1) is 15.5. The third-order valence-corrected chi connectivity index (χ3v) is 7.27. The second kappa shape index (κ2) is 14.6. The molecular formula is C28H45NO3S. The van der Waals surface area contributed by atoms with Gasteiger partial charge in [-0.25, -0.2) is 4.98 Å². The highest BCUT2D eigenvalue weighted by atomic mass is 32.1. The molecule has 1 aromatic rings. The van der Waals surface area contributed by atoms with Crippen molar-refractivity contribution in [3.8, 4) is 0 Å². The van der Waals surface area contributed by atoms with Crippen LogP contribution in [0, 0.1) is 30.1 Å². The third kappa shape index (κ3) is 10.9. The Labute approximate surface area is 205 Å². The normalized spacial score (nSPS) is 28.8. The zero-order valence-electron chi connectivity index (χ0n) is 21.8. The number of carbonyl (C=O) groups is 2. The second-order valence-electron chi connectivity index (χ2n) is 10.3. The minimum atomic E-state index is -0.894. The number of rotatable bonds is 1. The molecule has 1 N–H and O–H groups in total. The average Bonchev–Trinajstić information content (AvgIpc) is 3.16. The zero-order valence-corrected chi connectivity index (χ0v) is 22.6. The largest absolute Gasteiger partial charge is 0.392 e. The van der Waals surface area contributed by atoms with Crippen molar-refractivity contribution in [2.75, 3.05) is 0 Å². The summed E-state index contributed by atoms with van der Waals surface area (Å²) >= 11 is 1.68. The van der Waals surface area contributed by atoms with Gasteiger partial charge in [0, 0.05) is 29.6 Å². The van der Waals surface area contributed by atoms with Gasteiger partial charge in [0.05, 0.1) is 16.8 Å². The number of hydrogen-bond donors (Lipinski definition) is 1. The lowest BCUT2D eigenvalue weighted by atomic mass is 9.73. The molecular weight excluding hydrogens is 430 g/mol. The molecule has 0 saturated carbocycles. The molecule has 0 bridgehead atoms. The number of ketones is 2. The van der Waals surface area contributed by atoms with E-state index in [2.05, 4.69) is 36.4 Å². The van der Waals surface area contributed by atoms with Gasteiger partial charge in [-0.1, -0.05) is 59.3 Å². The van der Waals surface area contributed by atoms with E-state index >= 15 is 0 Å². The molecule has 2 rings (SSSR count). The molecule has 1 aromatic heterocycles. The zero-order chi connectivity index (χ0) is 25.0. The molecule has 0 fully saturated rings. The van der Waals surface area contributed by atoms with Crippen molar-refractivity contribution in [3.05, 3.63) is 34.3 Å². The van der Waals surface area contributed by atoms with Crippen molar-refractivity contribution in [2.24, 2.45) is 23.2 Å². The van der Waals surface area contributed by atoms with Gasteiger partial charge in [0.25, 0.3) is 0 Å². The molecule has 0 radical (unpaired) electrons. The van der Waals surface area contributed by atoms with Gasteiger partial charge in [-0.2, -0.15) is 0 Å². The highest BCUT2D eigenvalue weighted by molar-refractivity contribution is 7.09. The van der Waals surface area contributed by atoms with Crippen molar-refractivity contribution >= 4 is 29.0 Å². The minimum Gasteiger partial charge on any atom is -0.392 e. The fraction of sp³-hybridized carbons (Fsp3) is 0.679. The highest BCUT2D eigenvalue weighted by Crippen LogP contribution is 2.31. The smallest absolute Gasteiger partial charge is 0.143 e. The van der Waals surface area contributed by atoms with Crippen molar-refractivity contribution in [3.63, 3.8) is 0 Å². The maximum atomic E-state index is 12.8. The van der Waals surface area contributed by atoms with Crippen LogP contribution in [-0.4, -0.2) is 27.8 Å². The summed E-state index contributed by atoms with van der Waals surface area (Å²) in [6.07, 6.45) is 13.1. The molecule has 0 aliphatic heterocycles. The Kier molecular flexibility index (Phi) is 13.0. The molecule has 4 nitrogen and oxygen atoms in total. The van der Waals surface area contributed by atoms with Crippen LogP contribution in [0.15, 0.2) is 23.6 Å². The SMILES string of the molecule is C/C=C\c1csc(C)n1.CC1CCC/C=C\[C@H](C)CCC(=O)CC(O)C(C)(C)C(=O)C(C)C1. The van der Waals surface area contributed by atoms with Gasteiger partial charge in [0.1, 0.15) is 11.6 Å². The van der Waals surface area contributed by atoms with Crippen LogP contribution in [0.5, 0.6) is 0 Å². The summed E-state index contributed by atoms with van der Waals surface area (Å²) in [6.45, 7) is 13.9. The summed E-state index contributed by atoms with van der Waals surface area (Å²) in [4.78, 5) is 29.2. The predicted molar refractivity (Wildman–Crippen MR) is 140 cm³/mol. The van der Waals surface area contributed by atoms with Gasteiger partial charge in [-0.3, -0.25) is 9.59 Å². The molecule has 0 spiro atoms. The van der Waals surface area contributed by atoms with E-state index in [1.807, 2.05) is 32.9 Å². The quantitative estimate of drug-likeness (QED) is 0.436. The van der Waals surface area contributed by atoms with Gasteiger partial charge in [-0.15, -0.1) is 11.3 Å². The topological polar surface area (TPSA) is 67.3 Å². The monoisotopic (exact) mass is 475 g/mol. The lowest BCUT2D eigenvalue weighted by molar-refractivity contribution is -0.139. The lowest BCUT2D eigenvalue weighted by Gasteiger charge is -2.32. The van der Waals surface area contributed by atoms with E-state index in [-0.39, 0.29) is 23.9 Å². The molecule has 5 heteroatoms. The molecule has 1 aliphatic rings. The summed E-state index contributed by atoms with van der Waals surface area (Å²) in [6, 6.07) is 0. The Morgan fingerprint density at radius 1 is 1.18 bits per heavy atom. The lowest BCUT2D eigenvalue weighted by Crippen LogP contribution is -2.41. The maximum Gasteiger partial charge on any atom is 0.143 e. The first-order valence-electron chi connectivity index (χ1n) is 12.4. The number of aliphatic hydroxyl groups excluding tert-OH is 1. The number of thiazole rings is 1. The minimum absolute atomic E-state index is 0.0525. The van der Waals surface area contributed by atoms with Crippen molar-refractivity contribution in [1.29, 1.82) is 0 Å². The molecule has 3 unspecified atom stereocenters. The Morgan fingerprint density at radius 3 is 2.48 bits per heavy atom. The molecule has 1 heterocycles. The molecule has 33 heavy (non-hydrogen) atoms. The number of aliphatic hydroxyl groups is 1. The van der Waals surface area contributed by atoms with Crippen LogP contribution in [0.1, 0.15) is 97.2 Å². The van der Waals surface area contributed by atoms with E-state index in [4.69, 9.17) is 0 Å².